The molecule has 0 radical (unpaired) electrons. The van der Waals surface area contributed by atoms with Crippen molar-refractivity contribution in [1.29, 1.82) is 0 Å². The van der Waals surface area contributed by atoms with Crippen LogP contribution in [0, 0.1) is 29.3 Å². The molecule has 2 aromatic carbocycles. The van der Waals surface area contributed by atoms with Gasteiger partial charge in [-0.2, -0.15) is 0 Å². The van der Waals surface area contributed by atoms with Crippen LogP contribution in [0.2, 0.25) is 5.02 Å². The van der Waals surface area contributed by atoms with Crippen LogP contribution in [-0.2, 0) is 14.6 Å². The number of ether oxygens (including phenoxy) is 1. The molecule has 2 aliphatic carbocycles. The Balaban J connectivity index is 1.55. The largest absolute Gasteiger partial charge is 0.394 e. The lowest BCUT2D eigenvalue weighted by atomic mass is 9.75. The van der Waals surface area contributed by atoms with Gasteiger partial charge in [-0.3, -0.25) is 4.79 Å². The van der Waals surface area contributed by atoms with E-state index in [1.54, 1.807) is 0 Å². The van der Waals surface area contributed by atoms with E-state index in [1.807, 2.05) is 0 Å². The van der Waals surface area contributed by atoms with Gasteiger partial charge in [-0.05, 0) is 55.7 Å². The molecule has 4 atom stereocenters. The number of hydrogen-bond acceptors (Lipinski definition) is 6. The Labute approximate surface area is 211 Å². The third-order valence-electron chi connectivity index (χ3n) is 7.12. The van der Waals surface area contributed by atoms with Crippen LogP contribution in [0.15, 0.2) is 35.2 Å². The third kappa shape index (κ3) is 4.99. The van der Waals surface area contributed by atoms with E-state index in [9.17, 15) is 31.5 Å². The van der Waals surface area contributed by atoms with Crippen LogP contribution in [-0.4, -0.2) is 55.2 Å². The number of hydrogen-bond donors (Lipinski definition) is 3. The fraction of sp³-hybridized carbons (Fsp3) is 0.458. The van der Waals surface area contributed by atoms with Gasteiger partial charge in [0.05, 0.1) is 40.6 Å². The number of rotatable bonds is 8. The highest BCUT2D eigenvalue weighted by molar-refractivity contribution is 7.92. The quantitative estimate of drug-likeness (QED) is 0.343. The SMILES string of the molecule is O=C(Nc1cc(F)c(F)c(F)c1)c1ccc(Cl)c(S(=O)(=O)[C@@H]2CC3CC[C@@H](C2)[C@@]3(O)COCCO)c1. The topological polar surface area (TPSA) is 113 Å². The summed E-state index contributed by atoms with van der Waals surface area (Å²) in [6.45, 7) is -0.0995. The molecule has 2 aliphatic rings. The zero-order chi connectivity index (χ0) is 26.3. The minimum atomic E-state index is -4.02. The van der Waals surface area contributed by atoms with Crippen molar-refractivity contribution in [2.24, 2.45) is 11.8 Å². The van der Waals surface area contributed by atoms with Gasteiger partial charge < -0.3 is 20.3 Å². The molecule has 2 aromatic rings. The molecule has 2 bridgehead atoms. The van der Waals surface area contributed by atoms with Crippen molar-refractivity contribution in [1.82, 2.24) is 0 Å². The first-order chi connectivity index (χ1) is 17.0. The summed E-state index contributed by atoms with van der Waals surface area (Å²) in [6.07, 6.45) is 1.63. The first-order valence-corrected chi connectivity index (χ1v) is 13.3. The number of amides is 1. The summed E-state index contributed by atoms with van der Waals surface area (Å²) in [5.41, 5.74) is -1.65. The van der Waals surface area contributed by atoms with Crippen molar-refractivity contribution in [2.45, 2.75) is 41.4 Å². The Morgan fingerprint density at radius 1 is 1.11 bits per heavy atom. The first-order valence-electron chi connectivity index (χ1n) is 11.4. The maximum Gasteiger partial charge on any atom is 0.255 e. The predicted molar refractivity (Wildman–Crippen MR) is 125 cm³/mol. The molecule has 4 rings (SSSR count). The highest BCUT2D eigenvalue weighted by atomic mass is 35.5. The van der Waals surface area contributed by atoms with Crippen LogP contribution in [0.4, 0.5) is 18.9 Å². The van der Waals surface area contributed by atoms with Gasteiger partial charge in [0.25, 0.3) is 5.91 Å². The number of halogens is 4. The summed E-state index contributed by atoms with van der Waals surface area (Å²) in [4.78, 5) is 12.4. The molecule has 12 heteroatoms. The Morgan fingerprint density at radius 2 is 1.72 bits per heavy atom. The monoisotopic (exact) mass is 547 g/mol. The molecule has 1 amide bonds. The molecule has 3 N–H and O–H groups in total. The number of nitrogens with one attached hydrogen (secondary N) is 1. The number of carbonyl (C=O) groups is 1. The summed E-state index contributed by atoms with van der Waals surface area (Å²) < 4.78 is 72.6. The molecule has 2 saturated carbocycles. The maximum atomic E-state index is 13.6. The van der Waals surface area contributed by atoms with E-state index >= 15 is 0 Å². The minimum absolute atomic E-state index is 0.0106. The van der Waals surface area contributed by atoms with Crippen LogP contribution in [0.5, 0.6) is 0 Å². The molecule has 0 heterocycles. The average Bonchev–Trinajstić information content (AvgIpc) is 2.99. The van der Waals surface area contributed by atoms with Gasteiger partial charge in [-0.25, -0.2) is 21.6 Å². The van der Waals surface area contributed by atoms with Crippen molar-refractivity contribution in [3.05, 3.63) is 58.4 Å². The van der Waals surface area contributed by atoms with Gasteiger partial charge in [0.1, 0.15) is 0 Å². The van der Waals surface area contributed by atoms with Gasteiger partial charge in [0, 0.05) is 23.4 Å². The van der Waals surface area contributed by atoms with Gasteiger partial charge in [0.15, 0.2) is 27.3 Å². The zero-order valence-corrected chi connectivity index (χ0v) is 20.6. The second-order valence-electron chi connectivity index (χ2n) is 9.23. The third-order valence-corrected chi connectivity index (χ3v) is 9.78. The second kappa shape index (κ2) is 10.3. The molecular weight excluding hydrogens is 523 g/mol. The summed E-state index contributed by atoms with van der Waals surface area (Å²) in [5, 5.41) is 21.4. The van der Waals surface area contributed by atoms with Crippen LogP contribution in [0.25, 0.3) is 0 Å². The van der Waals surface area contributed by atoms with Crippen molar-refractivity contribution < 1.29 is 41.3 Å². The van der Waals surface area contributed by atoms with Crippen molar-refractivity contribution in [2.75, 3.05) is 25.1 Å². The van der Waals surface area contributed by atoms with E-state index in [0.717, 1.165) is 6.07 Å². The fourth-order valence-electron chi connectivity index (χ4n) is 5.27. The maximum absolute atomic E-state index is 13.6. The van der Waals surface area contributed by atoms with E-state index in [4.69, 9.17) is 21.4 Å². The lowest BCUT2D eigenvalue weighted by Crippen LogP contribution is -2.51. The molecule has 0 saturated heterocycles. The van der Waals surface area contributed by atoms with E-state index in [0.29, 0.717) is 25.0 Å². The Kier molecular flexibility index (Phi) is 7.68. The number of anilines is 1. The minimum Gasteiger partial charge on any atom is -0.394 e. The Hall–Kier alpha value is -2.18. The molecule has 0 aromatic heterocycles. The molecular formula is C24H25ClF3NO6S. The number of fused-ring (bicyclic) bond motifs is 2. The van der Waals surface area contributed by atoms with Gasteiger partial charge in [0.2, 0.25) is 0 Å². The molecule has 1 unspecified atom stereocenters. The summed E-state index contributed by atoms with van der Waals surface area (Å²) >= 11 is 6.21. The number of carbonyl (C=O) groups excluding carboxylic acids is 1. The molecule has 196 valence electrons. The average molecular weight is 548 g/mol. The van der Waals surface area contributed by atoms with Gasteiger partial charge in [-0.15, -0.1) is 0 Å². The standard InChI is InChI=1S/C24H25ClF3NO6S/c25-18-4-1-13(23(31)29-16-10-19(26)22(28)20(27)11-16)7-21(18)36(33,34)17-8-14-2-3-15(9-17)24(14,32)12-35-6-5-30/h1,4,7,10-11,14-15,17,30,32H,2-3,5-6,8-9,12H2,(H,29,31)/t14-,15?,17-,24-/m0/s1. The Bertz CT molecular complexity index is 1240. The summed E-state index contributed by atoms with van der Waals surface area (Å²) in [5.74, 6) is -6.16. The second-order valence-corrected chi connectivity index (χ2v) is 11.8. The number of aliphatic hydroxyl groups is 2. The fourth-order valence-corrected chi connectivity index (χ4v) is 7.67. The highest BCUT2D eigenvalue weighted by Crippen LogP contribution is 2.52. The number of sulfone groups is 1. The normalized spacial score (nSPS) is 25.7. The molecule has 7 nitrogen and oxygen atoms in total. The van der Waals surface area contributed by atoms with Crippen LogP contribution in [0.1, 0.15) is 36.0 Å². The number of benzene rings is 2. The lowest BCUT2D eigenvalue weighted by molar-refractivity contribution is -0.116. The van der Waals surface area contributed by atoms with Gasteiger partial charge in [-0.1, -0.05) is 11.6 Å². The molecule has 0 spiro atoms. The van der Waals surface area contributed by atoms with Crippen molar-refractivity contribution in [3.63, 3.8) is 0 Å². The van der Waals surface area contributed by atoms with Crippen LogP contribution in [0.3, 0.4) is 0 Å². The molecule has 36 heavy (non-hydrogen) atoms. The molecule has 0 aliphatic heterocycles. The van der Waals surface area contributed by atoms with E-state index in [1.165, 1.54) is 12.1 Å². The van der Waals surface area contributed by atoms with E-state index in [-0.39, 0.29) is 65.7 Å². The first kappa shape index (κ1) is 26.9. The summed E-state index contributed by atoms with van der Waals surface area (Å²) in [7, 11) is -4.02. The smallest absolute Gasteiger partial charge is 0.255 e. The van der Waals surface area contributed by atoms with Crippen LogP contribution < -0.4 is 5.32 Å². The zero-order valence-electron chi connectivity index (χ0n) is 19.0. The predicted octanol–water partition coefficient (Wildman–Crippen LogP) is 3.71. The molecule has 2 fully saturated rings. The summed E-state index contributed by atoms with van der Waals surface area (Å²) in [6, 6.07) is 4.80. The Morgan fingerprint density at radius 3 is 2.31 bits per heavy atom. The van der Waals surface area contributed by atoms with Crippen molar-refractivity contribution >= 4 is 33.0 Å². The highest BCUT2D eigenvalue weighted by Gasteiger charge is 2.55. The van der Waals surface area contributed by atoms with Crippen molar-refractivity contribution in [3.8, 4) is 0 Å². The number of aliphatic hydroxyl groups excluding tert-OH is 1. The van der Waals surface area contributed by atoms with E-state index in [2.05, 4.69) is 5.32 Å². The van der Waals surface area contributed by atoms with E-state index < -0.39 is 44.0 Å². The van der Waals surface area contributed by atoms with Crippen LogP contribution >= 0.6 is 11.6 Å². The van der Waals surface area contributed by atoms with Gasteiger partial charge >= 0.3 is 0 Å². The lowest BCUT2D eigenvalue weighted by Gasteiger charge is -2.42.